The van der Waals surface area contributed by atoms with Gasteiger partial charge in [0.2, 0.25) is 11.7 Å². The largest absolute Gasteiger partial charge is 0.502 e. The van der Waals surface area contributed by atoms with Gasteiger partial charge in [-0.3, -0.25) is 29.3 Å². The number of methoxy groups -OCH3 is 1. The highest BCUT2D eigenvalue weighted by molar-refractivity contribution is 6.01. The molecule has 0 radical (unpaired) electrons. The van der Waals surface area contributed by atoms with Gasteiger partial charge in [0.25, 0.3) is 0 Å². The van der Waals surface area contributed by atoms with E-state index in [0.29, 0.717) is 12.8 Å². The molecule has 0 bridgehead atoms. The zero-order valence-electron chi connectivity index (χ0n) is 27.7. The molecule has 264 valence electrons. The van der Waals surface area contributed by atoms with Crippen LogP contribution in [0.25, 0.3) is 0 Å². The lowest BCUT2D eigenvalue weighted by Crippen LogP contribution is -2.61. The van der Waals surface area contributed by atoms with Crippen LogP contribution in [0.3, 0.4) is 0 Å². The Hall–Kier alpha value is -4.43. The zero-order valence-corrected chi connectivity index (χ0v) is 27.7. The van der Waals surface area contributed by atoms with Crippen molar-refractivity contribution in [2.24, 2.45) is 28.6 Å². The molecule has 49 heavy (non-hydrogen) atoms. The van der Waals surface area contributed by atoms with Crippen molar-refractivity contribution in [3.63, 3.8) is 0 Å². The van der Waals surface area contributed by atoms with E-state index in [0.717, 1.165) is 31.2 Å². The number of rotatable bonds is 11. The Balaban J connectivity index is 1.16. The minimum absolute atomic E-state index is 0.00890. The van der Waals surface area contributed by atoms with Gasteiger partial charge in [-0.2, -0.15) is 0 Å². The van der Waals surface area contributed by atoms with E-state index in [-0.39, 0.29) is 48.4 Å². The summed E-state index contributed by atoms with van der Waals surface area (Å²) in [4.78, 5) is 73.5. The molecule has 8 atom stereocenters. The van der Waals surface area contributed by atoms with Gasteiger partial charge >= 0.3 is 17.6 Å². The quantitative estimate of drug-likeness (QED) is 0.150. The summed E-state index contributed by atoms with van der Waals surface area (Å²) in [5, 5.41) is 46.6. The van der Waals surface area contributed by atoms with Crippen LogP contribution in [0.4, 0.5) is 5.69 Å². The molecule has 5 rings (SSSR count). The number of nitrogens with one attached hydrogen (secondary N) is 1. The third kappa shape index (κ3) is 6.51. The van der Waals surface area contributed by atoms with Gasteiger partial charge in [-0.15, -0.1) is 0 Å². The molecule has 0 spiro atoms. The first-order valence-corrected chi connectivity index (χ1v) is 16.4. The van der Waals surface area contributed by atoms with Crippen molar-refractivity contribution in [1.29, 1.82) is 0 Å². The second-order valence-electron chi connectivity index (χ2n) is 14.1. The maximum Gasteiger partial charge on any atom is 0.328 e. The van der Waals surface area contributed by atoms with Gasteiger partial charge in [-0.25, -0.2) is 4.79 Å². The summed E-state index contributed by atoms with van der Waals surface area (Å²) < 4.78 is 9.91. The number of phenols is 1. The number of nitro groups is 1. The Kier molecular flexibility index (Phi) is 9.86. The second kappa shape index (κ2) is 13.5. The molecule has 1 amide bonds. The van der Waals surface area contributed by atoms with Crippen LogP contribution in [-0.4, -0.2) is 81.1 Å². The number of carbonyl (C=O) groups is 5. The number of phenolic OH excluding ortho intramolecular Hbond substituents is 1. The summed E-state index contributed by atoms with van der Waals surface area (Å²) in [5.74, 6) is -3.98. The van der Waals surface area contributed by atoms with Crippen molar-refractivity contribution >= 4 is 35.1 Å². The summed E-state index contributed by atoms with van der Waals surface area (Å²) in [6.45, 7) is 3.13. The number of aliphatic hydroxyl groups excluding tert-OH is 1. The van der Waals surface area contributed by atoms with E-state index in [4.69, 9.17) is 9.47 Å². The lowest BCUT2D eigenvalue weighted by atomic mass is 9.46. The average molecular weight is 683 g/mol. The third-order valence-electron chi connectivity index (χ3n) is 11.5. The Morgan fingerprint density at radius 1 is 1.16 bits per heavy atom. The van der Waals surface area contributed by atoms with E-state index in [2.05, 4.69) is 5.32 Å². The van der Waals surface area contributed by atoms with E-state index in [1.165, 1.54) is 6.07 Å². The molecule has 14 nitrogen and oxygen atoms in total. The first-order valence-electron chi connectivity index (χ1n) is 16.4. The van der Waals surface area contributed by atoms with Crippen LogP contribution in [-0.2, 0) is 39.9 Å². The van der Waals surface area contributed by atoms with Gasteiger partial charge < -0.3 is 30.1 Å². The maximum absolute atomic E-state index is 13.5. The number of benzene rings is 1. The van der Waals surface area contributed by atoms with Crippen molar-refractivity contribution in [1.82, 2.24) is 5.32 Å². The molecule has 4 aliphatic carbocycles. The molecule has 3 fully saturated rings. The highest BCUT2D eigenvalue weighted by Crippen LogP contribution is 2.67. The molecule has 0 aliphatic heterocycles. The number of esters is 2. The smallest absolute Gasteiger partial charge is 0.328 e. The number of ketones is 2. The van der Waals surface area contributed by atoms with Crippen LogP contribution in [0.15, 0.2) is 42.0 Å². The lowest BCUT2D eigenvalue weighted by molar-refractivity contribution is -0.385. The molecule has 4 N–H and O–H groups in total. The van der Waals surface area contributed by atoms with Crippen LogP contribution >= 0.6 is 0 Å². The van der Waals surface area contributed by atoms with Gasteiger partial charge in [-0.1, -0.05) is 31.6 Å². The highest BCUT2D eigenvalue weighted by atomic mass is 16.6. The fourth-order valence-electron chi connectivity index (χ4n) is 9.02. The third-order valence-corrected chi connectivity index (χ3v) is 11.5. The number of fused-ring (bicyclic) bond motifs is 5. The van der Waals surface area contributed by atoms with Crippen molar-refractivity contribution in [3.8, 4) is 5.75 Å². The van der Waals surface area contributed by atoms with Crippen molar-refractivity contribution in [3.05, 3.63) is 57.7 Å². The van der Waals surface area contributed by atoms with Crippen molar-refractivity contribution in [2.45, 2.75) is 83.0 Å². The molecule has 0 heterocycles. The minimum Gasteiger partial charge on any atom is -0.502 e. The molecular formula is C35H42N2O12. The number of nitro benzene ring substituents is 1. The summed E-state index contributed by atoms with van der Waals surface area (Å²) in [5.41, 5.74) is -2.61. The fourth-order valence-corrected chi connectivity index (χ4v) is 9.02. The number of ether oxygens (including phenoxy) is 2. The molecular weight excluding hydrogens is 640 g/mol. The molecule has 3 saturated carbocycles. The summed E-state index contributed by atoms with van der Waals surface area (Å²) >= 11 is 0. The molecule has 0 saturated heterocycles. The monoisotopic (exact) mass is 682 g/mol. The summed E-state index contributed by atoms with van der Waals surface area (Å²) in [7, 11) is 1.10. The van der Waals surface area contributed by atoms with Crippen LogP contribution < -0.4 is 5.32 Å². The maximum atomic E-state index is 13.5. The van der Waals surface area contributed by atoms with Crippen LogP contribution in [0.5, 0.6) is 5.75 Å². The first-order chi connectivity index (χ1) is 23.0. The standard InChI is InChI=1S/C35H42N2O12/c1-33-12-10-21(38)16-20(33)5-6-22-23-11-13-35(45,34(23,2)17-27(40)31(22)33)28(41)18-49-30(43)9-8-29(42)36-24(32(44)48-3)14-19-4-7-26(39)25(15-19)37(46)47/h4,7,10,12,15-16,22-24,27,31,39-40,45H,5-6,8-9,11,13-14,17-18H2,1-3H3,(H,36,42)/t22-,23+,24-,27+,31+,33-,34-,35+/m0/s1. The number of Topliss-reactive ketones (excluding diaryl/α,β-unsaturated/α-hetero) is 1. The van der Waals surface area contributed by atoms with Gasteiger partial charge in [0.15, 0.2) is 18.1 Å². The minimum atomic E-state index is -1.84. The predicted octanol–water partition coefficient (Wildman–Crippen LogP) is 2.40. The number of allylic oxidation sites excluding steroid dienone is 4. The second-order valence-corrected chi connectivity index (χ2v) is 14.1. The fraction of sp³-hybridized carbons (Fsp3) is 0.571. The molecule has 0 aromatic heterocycles. The number of aromatic hydroxyl groups is 1. The van der Waals surface area contributed by atoms with E-state index in [9.17, 15) is 49.4 Å². The SMILES string of the molecule is COC(=O)[C@H](Cc1ccc(O)c([N+](=O)[O-])c1)NC(=O)CCC(=O)OCC(=O)[C@]1(O)CC[C@@H]2[C@@H]3CCC4=CC(=O)C=C[C@]4(C)[C@H]3[C@H](O)C[C@@]21C. The van der Waals surface area contributed by atoms with Crippen LogP contribution in [0, 0.1) is 38.7 Å². The van der Waals surface area contributed by atoms with Gasteiger partial charge in [-0.05, 0) is 67.7 Å². The van der Waals surface area contributed by atoms with Gasteiger partial charge in [0.1, 0.15) is 11.6 Å². The van der Waals surface area contributed by atoms with E-state index in [1.807, 2.05) is 19.9 Å². The number of carbonyl (C=O) groups excluding carboxylic acids is 5. The van der Waals surface area contributed by atoms with Crippen molar-refractivity contribution < 1.29 is 53.7 Å². The Morgan fingerprint density at radius 2 is 1.90 bits per heavy atom. The van der Waals surface area contributed by atoms with Gasteiger partial charge in [0.05, 0.1) is 24.6 Å². The number of hydrogen-bond donors (Lipinski definition) is 4. The molecule has 0 unspecified atom stereocenters. The summed E-state index contributed by atoms with van der Waals surface area (Å²) in [6, 6.07) is 2.27. The molecule has 1 aromatic carbocycles. The van der Waals surface area contributed by atoms with E-state index in [1.54, 1.807) is 12.2 Å². The van der Waals surface area contributed by atoms with Crippen molar-refractivity contribution in [2.75, 3.05) is 13.7 Å². The number of hydrogen-bond acceptors (Lipinski definition) is 12. The molecule has 4 aliphatic rings. The number of aliphatic hydroxyl groups is 2. The Labute approximate surface area is 282 Å². The topological polar surface area (TPSA) is 220 Å². The van der Waals surface area contributed by atoms with Gasteiger partial charge in [0, 0.05) is 35.7 Å². The normalized spacial score (nSPS) is 32.1. The average Bonchev–Trinajstić information content (AvgIpc) is 3.33. The zero-order chi connectivity index (χ0) is 35.9. The lowest BCUT2D eigenvalue weighted by Gasteiger charge is -2.59. The van der Waals surface area contributed by atoms with E-state index < -0.39 is 88.0 Å². The van der Waals surface area contributed by atoms with Crippen LogP contribution in [0.1, 0.15) is 64.4 Å². The Bertz CT molecular complexity index is 1640. The Morgan fingerprint density at radius 3 is 2.59 bits per heavy atom. The first kappa shape index (κ1) is 35.9. The highest BCUT2D eigenvalue weighted by Gasteiger charge is 2.68. The predicted molar refractivity (Wildman–Crippen MR) is 171 cm³/mol. The molecule has 14 heteroatoms. The number of nitrogens with zero attached hydrogens (tertiary/aromatic N) is 1. The summed E-state index contributed by atoms with van der Waals surface area (Å²) in [6.07, 6.45) is 5.48. The van der Waals surface area contributed by atoms with E-state index >= 15 is 0 Å². The number of amides is 1. The molecule has 1 aromatic rings. The van der Waals surface area contributed by atoms with Crippen LogP contribution in [0.2, 0.25) is 0 Å².